The molecule has 1 aromatic heterocycles. The fourth-order valence-electron chi connectivity index (χ4n) is 1.48. The van der Waals surface area contributed by atoms with Crippen molar-refractivity contribution in [3.05, 3.63) is 23.8 Å². The Morgan fingerprint density at radius 2 is 2.23 bits per heavy atom. The maximum absolute atomic E-state index is 9.58. The Labute approximate surface area is 86.4 Å². The smallest absolute Gasteiger partial charge is 0.133 e. The number of fused-ring (bicyclic) bond motifs is 1. The van der Waals surface area contributed by atoms with Crippen LogP contribution in [0.2, 0.25) is 0 Å². The topological polar surface area (TPSA) is 20.2 Å². The Hall–Kier alpha value is -0.670. The molecule has 0 fully saturated rings. The Bertz CT molecular complexity index is 445. The fraction of sp³-hybridized carbons (Fsp3) is 0.200. The predicted octanol–water partition coefficient (Wildman–Crippen LogP) is 3.46. The molecule has 0 unspecified atom stereocenters. The van der Waals surface area contributed by atoms with E-state index in [4.69, 9.17) is 0 Å². The fourth-order valence-corrected chi connectivity index (χ4v) is 3.08. The number of phenols is 1. The van der Waals surface area contributed by atoms with Crippen LogP contribution in [0.1, 0.15) is 12.5 Å². The van der Waals surface area contributed by atoms with Crippen LogP contribution >= 0.6 is 24.0 Å². The first-order chi connectivity index (χ1) is 6.24. The van der Waals surface area contributed by atoms with Gasteiger partial charge < -0.3 is 5.11 Å². The largest absolute Gasteiger partial charge is 0.506 e. The number of aryl methyl sites for hydroxylation is 1. The molecule has 68 valence electrons. The van der Waals surface area contributed by atoms with Crippen molar-refractivity contribution >= 4 is 34.1 Å². The van der Waals surface area contributed by atoms with Crippen LogP contribution in [0.15, 0.2) is 22.4 Å². The van der Waals surface area contributed by atoms with E-state index in [1.54, 1.807) is 17.4 Å². The Kier molecular flexibility index (Phi) is 2.22. The van der Waals surface area contributed by atoms with Crippen molar-refractivity contribution in [1.29, 1.82) is 0 Å². The van der Waals surface area contributed by atoms with Crippen molar-refractivity contribution < 1.29 is 5.11 Å². The van der Waals surface area contributed by atoms with E-state index in [1.165, 1.54) is 5.56 Å². The lowest BCUT2D eigenvalue weighted by molar-refractivity contribution is 0.482. The lowest BCUT2D eigenvalue weighted by atomic mass is 10.1. The second-order valence-corrected chi connectivity index (χ2v) is 4.66. The van der Waals surface area contributed by atoms with Gasteiger partial charge in [-0.3, -0.25) is 0 Å². The van der Waals surface area contributed by atoms with Crippen LogP contribution in [-0.2, 0) is 6.42 Å². The van der Waals surface area contributed by atoms with Gasteiger partial charge in [-0.15, -0.1) is 24.0 Å². The Morgan fingerprint density at radius 3 is 2.92 bits per heavy atom. The molecule has 2 rings (SSSR count). The van der Waals surface area contributed by atoms with Crippen LogP contribution in [0.4, 0.5) is 0 Å². The van der Waals surface area contributed by atoms with E-state index < -0.39 is 0 Å². The maximum atomic E-state index is 9.58. The summed E-state index contributed by atoms with van der Waals surface area (Å²) in [6, 6.07) is 5.62. The highest BCUT2D eigenvalue weighted by Crippen LogP contribution is 2.38. The summed E-state index contributed by atoms with van der Waals surface area (Å²) in [6.45, 7) is 2.10. The first kappa shape index (κ1) is 8.91. The van der Waals surface area contributed by atoms with E-state index in [1.807, 2.05) is 12.1 Å². The monoisotopic (exact) mass is 210 g/mol. The number of hydrogen-bond acceptors (Lipinski definition) is 3. The Balaban J connectivity index is 2.86. The standard InChI is InChI=1S/C10H10OS2/c1-2-6-7-4-3-5-8(11)9(7)13-10(6)12/h3-5,11-12H,2H2,1H3. The third-order valence-corrected chi connectivity index (χ3v) is 3.75. The van der Waals surface area contributed by atoms with Crippen molar-refractivity contribution in [1.82, 2.24) is 0 Å². The molecule has 0 aliphatic rings. The molecule has 13 heavy (non-hydrogen) atoms. The van der Waals surface area contributed by atoms with Crippen molar-refractivity contribution in [2.45, 2.75) is 17.6 Å². The molecule has 0 spiro atoms. The summed E-state index contributed by atoms with van der Waals surface area (Å²) in [7, 11) is 0. The summed E-state index contributed by atoms with van der Waals surface area (Å²) >= 11 is 5.94. The summed E-state index contributed by atoms with van der Waals surface area (Å²) in [6.07, 6.45) is 0.961. The maximum Gasteiger partial charge on any atom is 0.133 e. The molecule has 0 aliphatic carbocycles. The Morgan fingerprint density at radius 1 is 1.46 bits per heavy atom. The van der Waals surface area contributed by atoms with E-state index in [0.717, 1.165) is 20.7 Å². The van der Waals surface area contributed by atoms with E-state index in [9.17, 15) is 5.11 Å². The number of thiophene rings is 1. The summed E-state index contributed by atoms with van der Waals surface area (Å²) in [5.74, 6) is 0.359. The summed E-state index contributed by atoms with van der Waals surface area (Å²) in [4.78, 5) is 0. The molecule has 0 radical (unpaired) electrons. The number of benzene rings is 1. The van der Waals surface area contributed by atoms with Crippen LogP contribution in [0.25, 0.3) is 10.1 Å². The van der Waals surface area contributed by atoms with Gasteiger partial charge in [0.2, 0.25) is 0 Å². The molecule has 1 nitrogen and oxygen atoms in total. The highest BCUT2D eigenvalue weighted by molar-refractivity contribution is 7.83. The highest BCUT2D eigenvalue weighted by Gasteiger charge is 2.09. The van der Waals surface area contributed by atoms with Crippen LogP contribution in [-0.4, -0.2) is 5.11 Å². The summed E-state index contributed by atoms with van der Waals surface area (Å²) in [5, 5.41) is 10.7. The van der Waals surface area contributed by atoms with Crippen LogP contribution in [0.3, 0.4) is 0 Å². The minimum atomic E-state index is 0.359. The van der Waals surface area contributed by atoms with Crippen molar-refractivity contribution in [3.8, 4) is 5.75 Å². The molecule has 3 heteroatoms. The number of rotatable bonds is 1. The van der Waals surface area contributed by atoms with Crippen molar-refractivity contribution in [2.75, 3.05) is 0 Å². The minimum Gasteiger partial charge on any atom is -0.506 e. The van der Waals surface area contributed by atoms with E-state index >= 15 is 0 Å². The van der Waals surface area contributed by atoms with E-state index in [2.05, 4.69) is 19.6 Å². The number of phenolic OH excluding ortho intramolecular Hbond substituents is 1. The lowest BCUT2D eigenvalue weighted by Crippen LogP contribution is -1.76. The van der Waals surface area contributed by atoms with Gasteiger partial charge in [0, 0.05) is 5.39 Å². The molecule has 0 amide bonds. The minimum absolute atomic E-state index is 0.359. The molecule has 0 aliphatic heterocycles. The van der Waals surface area contributed by atoms with Crippen LogP contribution in [0.5, 0.6) is 5.75 Å². The number of thiol groups is 1. The molecular weight excluding hydrogens is 200 g/mol. The second-order valence-electron chi connectivity index (χ2n) is 2.89. The lowest BCUT2D eigenvalue weighted by Gasteiger charge is -1.95. The third kappa shape index (κ3) is 1.32. The zero-order valence-corrected chi connectivity index (χ0v) is 8.95. The molecule has 0 saturated heterocycles. The van der Waals surface area contributed by atoms with Gasteiger partial charge in [-0.1, -0.05) is 19.1 Å². The first-order valence-corrected chi connectivity index (χ1v) is 5.42. The van der Waals surface area contributed by atoms with Gasteiger partial charge >= 0.3 is 0 Å². The quantitative estimate of drug-likeness (QED) is 0.691. The zero-order chi connectivity index (χ0) is 9.42. The summed E-state index contributed by atoms with van der Waals surface area (Å²) in [5.41, 5.74) is 1.24. The molecule has 2 aromatic rings. The molecule has 1 N–H and O–H groups in total. The molecule has 0 saturated carbocycles. The van der Waals surface area contributed by atoms with Crippen molar-refractivity contribution in [2.24, 2.45) is 0 Å². The molecule has 0 atom stereocenters. The average Bonchev–Trinajstić information content (AvgIpc) is 2.43. The SMILES string of the molecule is CCc1c(S)sc2c(O)cccc12. The van der Waals surface area contributed by atoms with Gasteiger partial charge in [0.05, 0.1) is 8.91 Å². The predicted molar refractivity (Wildman–Crippen MR) is 60.1 cm³/mol. The average molecular weight is 210 g/mol. The van der Waals surface area contributed by atoms with E-state index in [0.29, 0.717) is 5.75 Å². The highest BCUT2D eigenvalue weighted by atomic mass is 32.2. The number of hydrogen-bond donors (Lipinski definition) is 2. The van der Waals surface area contributed by atoms with Crippen LogP contribution < -0.4 is 0 Å². The molecular formula is C10H10OS2. The van der Waals surface area contributed by atoms with Gasteiger partial charge in [0.15, 0.2) is 0 Å². The van der Waals surface area contributed by atoms with Gasteiger partial charge in [-0.2, -0.15) is 0 Å². The third-order valence-electron chi connectivity index (χ3n) is 2.13. The van der Waals surface area contributed by atoms with Gasteiger partial charge in [0.1, 0.15) is 5.75 Å². The molecule has 0 bridgehead atoms. The summed E-state index contributed by atoms with van der Waals surface area (Å²) < 4.78 is 1.96. The van der Waals surface area contributed by atoms with Gasteiger partial charge in [-0.05, 0) is 18.1 Å². The van der Waals surface area contributed by atoms with Crippen LogP contribution in [0, 0.1) is 0 Å². The van der Waals surface area contributed by atoms with Gasteiger partial charge in [0.25, 0.3) is 0 Å². The molecule has 1 aromatic carbocycles. The normalized spacial score (nSPS) is 10.9. The zero-order valence-electron chi connectivity index (χ0n) is 7.24. The first-order valence-electron chi connectivity index (χ1n) is 4.16. The van der Waals surface area contributed by atoms with Gasteiger partial charge in [-0.25, -0.2) is 0 Å². The molecule has 1 heterocycles. The second kappa shape index (κ2) is 3.24. The van der Waals surface area contributed by atoms with Crippen molar-refractivity contribution in [3.63, 3.8) is 0 Å². The van der Waals surface area contributed by atoms with E-state index in [-0.39, 0.29) is 0 Å². The number of aromatic hydroxyl groups is 1.